The first-order chi connectivity index (χ1) is 6.72. The van der Waals surface area contributed by atoms with Crippen molar-refractivity contribution >= 4 is 5.78 Å². The molecule has 0 aliphatic rings. The number of carbonyl (C=O) groups is 1. The van der Waals surface area contributed by atoms with Crippen molar-refractivity contribution in [1.29, 1.82) is 0 Å². The van der Waals surface area contributed by atoms with Gasteiger partial charge in [0.2, 0.25) is 0 Å². The topological polar surface area (TPSA) is 35.5 Å². The average molecular weight is 202 g/mol. The van der Waals surface area contributed by atoms with Crippen molar-refractivity contribution in [1.82, 2.24) is 0 Å². The Kier molecular flexibility index (Phi) is 8.89. The van der Waals surface area contributed by atoms with Gasteiger partial charge in [0.05, 0.1) is 0 Å². The fourth-order valence-corrected chi connectivity index (χ4v) is 1.19. The van der Waals surface area contributed by atoms with Crippen LogP contribution < -0.4 is 0 Å². The highest BCUT2D eigenvalue weighted by Crippen LogP contribution is 2.07. The van der Waals surface area contributed by atoms with Crippen molar-refractivity contribution in [2.75, 3.05) is 26.9 Å². The number of hydrogen-bond donors (Lipinski definition) is 0. The van der Waals surface area contributed by atoms with Gasteiger partial charge in [-0.25, -0.2) is 0 Å². The summed E-state index contributed by atoms with van der Waals surface area (Å²) in [5.41, 5.74) is 0. The fraction of sp³-hybridized carbons (Fsp3) is 0.909. The normalized spacial score (nSPS) is 12.8. The van der Waals surface area contributed by atoms with E-state index in [1.165, 1.54) is 0 Å². The second-order valence-corrected chi connectivity index (χ2v) is 3.45. The SMILES string of the molecule is CCOCCCC(=O)C(C)CCOC. The lowest BCUT2D eigenvalue weighted by Crippen LogP contribution is -2.13. The van der Waals surface area contributed by atoms with E-state index in [0.29, 0.717) is 25.4 Å². The van der Waals surface area contributed by atoms with Gasteiger partial charge < -0.3 is 9.47 Å². The molecule has 0 aliphatic heterocycles. The Morgan fingerprint density at radius 3 is 2.64 bits per heavy atom. The van der Waals surface area contributed by atoms with Crippen molar-refractivity contribution in [2.24, 2.45) is 5.92 Å². The zero-order chi connectivity index (χ0) is 10.8. The molecule has 0 radical (unpaired) electrons. The van der Waals surface area contributed by atoms with Gasteiger partial charge in [-0.2, -0.15) is 0 Å². The summed E-state index contributed by atoms with van der Waals surface area (Å²) >= 11 is 0. The molecule has 0 rings (SSSR count). The monoisotopic (exact) mass is 202 g/mol. The highest BCUT2D eigenvalue weighted by molar-refractivity contribution is 5.80. The molecule has 0 saturated carbocycles. The number of hydrogen-bond acceptors (Lipinski definition) is 3. The van der Waals surface area contributed by atoms with Crippen molar-refractivity contribution < 1.29 is 14.3 Å². The third-order valence-corrected chi connectivity index (χ3v) is 2.22. The van der Waals surface area contributed by atoms with Gasteiger partial charge >= 0.3 is 0 Å². The highest BCUT2D eigenvalue weighted by atomic mass is 16.5. The molecule has 0 aromatic rings. The predicted octanol–water partition coefficient (Wildman–Crippen LogP) is 2.04. The van der Waals surface area contributed by atoms with Crippen molar-refractivity contribution in [2.45, 2.75) is 33.1 Å². The minimum atomic E-state index is 0.122. The van der Waals surface area contributed by atoms with E-state index in [1.807, 2.05) is 13.8 Å². The van der Waals surface area contributed by atoms with Gasteiger partial charge in [-0.05, 0) is 19.8 Å². The smallest absolute Gasteiger partial charge is 0.135 e. The number of rotatable bonds is 9. The van der Waals surface area contributed by atoms with Gasteiger partial charge in [-0.1, -0.05) is 6.92 Å². The summed E-state index contributed by atoms with van der Waals surface area (Å²) in [5.74, 6) is 0.443. The quantitative estimate of drug-likeness (QED) is 0.537. The van der Waals surface area contributed by atoms with E-state index < -0.39 is 0 Å². The number of carbonyl (C=O) groups excluding carboxylic acids is 1. The van der Waals surface area contributed by atoms with Gasteiger partial charge in [-0.15, -0.1) is 0 Å². The molecule has 14 heavy (non-hydrogen) atoms. The number of ketones is 1. The van der Waals surface area contributed by atoms with Gasteiger partial charge in [-0.3, -0.25) is 4.79 Å². The lowest BCUT2D eigenvalue weighted by Gasteiger charge is -2.09. The molecular formula is C11H22O3. The van der Waals surface area contributed by atoms with Crippen molar-refractivity contribution in [3.63, 3.8) is 0 Å². The zero-order valence-electron chi connectivity index (χ0n) is 9.54. The molecule has 0 heterocycles. The third-order valence-electron chi connectivity index (χ3n) is 2.22. The van der Waals surface area contributed by atoms with Crippen LogP contribution in [0.4, 0.5) is 0 Å². The van der Waals surface area contributed by atoms with Crippen LogP contribution in [0.25, 0.3) is 0 Å². The summed E-state index contributed by atoms with van der Waals surface area (Å²) in [6.07, 6.45) is 2.29. The molecule has 1 unspecified atom stereocenters. The maximum Gasteiger partial charge on any atom is 0.135 e. The van der Waals surface area contributed by atoms with E-state index >= 15 is 0 Å². The Labute approximate surface area is 86.8 Å². The van der Waals surface area contributed by atoms with E-state index in [2.05, 4.69) is 0 Å². The maximum atomic E-state index is 11.5. The number of methoxy groups -OCH3 is 1. The molecule has 0 bridgehead atoms. The Hall–Kier alpha value is -0.410. The van der Waals surface area contributed by atoms with Crippen LogP contribution in [-0.2, 0) is 14.3 Å². The molecule has 3 nitrogen and oxygen atoms in total. The predicted molar refractivity (Wildman–Crippen MR) is 56.4 cm³/mol. The van der Waals surface area contributed by atoms with Crippen LogP contribution in [-0.4, -0.2) is 32.7 Å². The molecule has 0 saturated heterocycles. The van der Waals surface area contributed by atoms with Crippen LogP contribution in [0.15, 0.2) is 0 Å². The van der Waals surface area contributed by atoms with Gasteiger partial charge in [0.15, 0.2) is 0 Å². The largest absolute Gasteiger partial charge is 0.385 e. The summed E-state index contributed by atoms with van der Waals surface area (Å²) < 4.78 is 10.1. The average Bonchev–Trinajstić information content (AvgIpc) is 2.20. The molecule has 0 aliphatic carbocycles. The standard InChI is InChI=1S/C11H22O3/c1-4-14-8-5-6-11(12)10(2)7-9-13-3/h10H,4-9H2,1-3H3. The Bertz CT molecular complexity index is 145. The fourth-order valence-electron chi connectivity index (χ4n) is 1.19. The van der Waals surface area contributed by atoms with Crippen LogP contribution in [0.3, 0.4) is 0 Å². The van der Waals surface area contributed by atoms with E-state index in [9.17, 15) is 4.79 Å². The first-order valence-electron chi connectivity index (χ1n) is 5.31. The molecule has 0 aromatic carbocycles. The third kappa shape index (κ3) is 7.04. The summed E-state index contributed by atoms with van der Waals surface area (Å²) in [7, 11) is 1.66. The first-order valence-corrected chi connectivity index (χ1v) is 5.31. The molecule has 0 fully saturated rings. The van der Waals surface area contributed by atoms with Gasteiger partial charge in [0.1, 0.15) is 5.78 Å². The lowest BCUT2D eigenvalue weighted by atomic mass is 9.99. The molecule has 0 amide bonds. The molecule has 0 N–H and O–H groups in total. The van der Waals surface area contributed by atoms with Crippen LogP contribution in [0.5, 0.6) is 0 Å². The number of ether oxygens (including phenoxy) is 2. The molecule has 84 valence electrons. The number of Topliss-reactive ketones (excluding diaryl/α,β-unsaturated/α-hetero) is 1. The van der Waals surface area contributed by atoms with Crippen LogP contribution in [0.1, 0.15) is 33.1 Å². The lowest BCUT2D eigenvalue weighted by molar-refractivity contribution is -0.123. The minimum absolute atomic E-state index is 0.122. The molecule has 0 aromatic heterocycles. The van der Waals surface area contributed by atoms with Crippen LogP contribution >= 0.6 is 0 Å². The molecule has 0 spiro atoms. The summed E-state index contributed by atoms with van der Waals surface area (Å²) in [4.78, 5) is 11.5. The Morgan fingerprint density at radius 2 is 2.07 bits per heavy atom. The van der Waals surface area contributed by atoms with Crippen LogP contribution in [0, 0.1) is 5.92 Å². The highest BCUT2D eigenvalue weighted by Gasteiger charge is 2.11. The Balaban J connectivity index is 3.42. The Morgan fingerprint density at radius 1 is 1.36 bits per heavy atom. The summed E-state index contributed by atoms with van der Waals surface area (Å²) in [6, 6.07) is 0. The summed E-state index contributed by atoms with van der Waals surface area (Å²) in [6.45, 7) is 6.01. The maximum absolute atomic E-state index is 11.5. The van der Waals surface area contributed by atoms with Crippen LogP contribution in [0.2, 0.25) is 0 Å². The second kappa shape index (κ2) is 9.16. The molecule has 1 atom stereocenters. The van der Waals surface area contributed by atoms with E-state index in [1.54, 1.807) is 7.11 Å². The second-order valence-electron chi connectivity index (χ2n) is 3.45. The molecular weight excluding hydrogens is 180 g/mol. The van der Waals surface area contributed by atoms with E-state index in [0.717, 1.165) is 19.4 Å². The van der Waals surface area contributed by atoms with E-state index in [-0.39, 0.29) is 5.92 Å². The zero-order valence-corrected chi connectivity index (χ0v) is 9.54. The van der Waals surface area contributed by atoms with Crippen molar-refractivity contribution in [3.8, 4) is 0 Å². The van der Waals surface area contributed by atoms with Gasteiger partial charge in [0.25, 0.3) is 0 Å². The molecule has 3 heteroatoms. The van der Waals surface area contributed by atoms with Gasteiger partial charge in [0, 0.05) is 39.3 Å². The minimum Gasteiger partial charge on any atom is -0.385 e. The first kappa shape index (κ1) is 13.6. The van der Waals surface area contributed by atoms with Crippen molar-refractivity contribution in [3.05, 3.63) is 0 Å². The summed E-state index contributed by atoms with van der Waals surface area (Å²) in [5, 5.41) is 0. The van der Waals surface area contributed by atoms with E-state index in [4.69, 9.17) is 9.47 Å².